The van der Waals surface area contributed by atoms with Crippen LogP contribution in [0.5, 0.6) is 0 Å². The zero-order valence-electron chi connectivity index (χ0n) is 31.6. The SMILES string of the molecule is C[C@H]1CO[C@]2(O[C@H]3C[C@H]4[C@@H]5C[C@H](O[C@@H]6O[C@H](C)[C@@H](O)[C@H](O[C@@H]7O[C@@H](C)[C@H](O)[C@@H](O)[C@H]7O)[C@H]6O)[C@@H]6C[C@@H](O)CC[C@]6(C)[C@H]5CC[C@]4(C)[C@H]3[C@@H]2C)[C@@H](O)C1. The molecule has 8 fully saturated rings. The summed E-state index contributed by atoms with van der Waals surface area (Å²) in [6.07, 6.45) is -7.54. The van der Waals surface area contributed by atoms with Gasteiger partial charge in [-0.15, -0.1) is 0 Å². The lowest BCUT2D eigenvalue weighted by atomic mass is 9.43. The molecule has 24 atom stereocenters. The van der Waals surface area contributed by atoms with Crippen molar-refractivity contribution < 1.29 is 64.2 Å². The standard InChI is InChI=1S/C39H64O13/c1-16-11-27(41)39(47-15-16)17(2)28-26(52-39)14-23-21-13-25(24-12-20(40)7-9-37(24,5)22(21)8-10-38(23,28)6)50-36-33(46)34(30(43)19(4)49-36)51-35-32(45)31(44)29(42)18(3)48-35/h16-36,40-46H,7-15H2,1-6H3/t16-,17+,18+,19-,20+,21-,22+,23+,24+,25+,26+,27+,28+,29+,30-,31-,32-,33-,34+,35+,36+,37-,38+,39-/m1/s1. The van der Waals surface area contributed by atoms with Gasteiger partial charge in [0.2, 0.25) is 0 Å². The van der Waals surface area contributed by atoms with Crippen molar-refractivity contribution in [3.8, 4) is 0 Å². The third-order valence-corrected chi connectivity index (χ3v) is 16.1. The first kappa shape index (κ1) is 38.4. The molecule has 0 bridgehead atoms. The van der Waals surface area contributed by atoms with Crippen LogP contribution in [-0.4, -0.2) is 134 Å². The molecule has 298 valence electrons. The minimum atomic E-state index is -1.60. The first-order valence-electron chi connectivity index (χ1n) is 20.2. The van der Waals surface area contributed by atoms with Crippen LogP contribution in [0.4, 0.5) is 0 Å². The normalized spacial score (nSPS) is 61.9. The molecule has 0 aromatic rings. The quantitative estimate of drug-likeness (QED) is 0.205. The Morgan fingerprint density at radius 2 is 1.31 bits per heavy atom. The van der Waals surface area contributed by atoms with Gasteiger partial charge in [0.1, 0.15) is 42.7 Å². The van der Waals surface area contributed by atoms with Gasteiger partial charge in [0.05, 0.1) is 37.1 Å². The summed E-state index contributed by atoms with van der Waals surface area (Å²) in [7, 11) is 0. The van der Waals surface area contributed by atoms with Gasteiger partial charge in [-0.25, -0.2) is 0 Å². The summed E-state index contributed by atoms with van der Waals surface area (Å²) in [5, 5.41) is 76.3. The van der Waals surface area contributed by atoms with Crippen LogP contribution in [0.25, 0.3) is 0 Å². The van der Waals surface area contributed by atoms with Gasteiger partial charge < -0.3 is 64.2 Å². The lowest BCUT2D eigenvalue weighted by Gasteiger charge is -2.63. The van der Waals surface area contributed by atoms with Gasteiger partial charge in [-0.2, -0.15) is 0 Å². The maximum Gasteiger partial charge on any atom is 0.197 e. The average molecular weight is 741 g/mol. The van der Waals surface area contributed by atoms with E-state index in [0.717, 1.165) is 38.5 Å². The summed E-state index contributed by atoms with van der Waals surface area (Å²) in [6.45, 7) is 12.9. The topological polar surface area (TPSA) is 197 Å². The molecule has 13 nitrogen and oxygen atoms in total. The largest absolute Gasteiger partial charge is 0.393 e. The first-order chi connectivity index (χ1) is 24.5. The molecule has 8 rings (SSSR count). The van der Waals surface area contributed by atoms with Crippen molar-refractivity contribution in [3.05, 3.63) is 0 Å². The molecule has 4 aliphatic carbocycles. The van der Waals surface area contributed by atoms with Gasteiger partial charge in [-0.05, 0) is 112 Å². The van der Waals surface area contributed by atoms with Crippen LogP contribution in [0.1, 0.15) is 92.9 Å². The maximum absolute atomic E-state index is 11.7. The zero-order chi connectivity index (χ0) is 37.2. The maximum atomic E-state index is 11.7. The van der Waals surface area contributed by atoms with Crippen molar-refractivity contribution in [2.24, 2.45) is 52.3 Å². The zero-order valence-corrected chi connectivity index (χ0v) is 31.6. The molecule has 0 aromatic heterocycles. The van der Waals surface area contributed by atoms with Crippen LogP contribution < -0.4 is 0 Å². The summed E-state index contributed by atoms with van der Waals surface area (Å²) < 4.78 is 37.9. The summed E-state index contributed by atoms with van der Waals surface area (Å²) in [5.41, 5.74) is -0.122. The molecule has 4 saturated heterocycles. The van der Waals surface area contributed by atoms with Crippen LogP contribution in [-0.2, 0) is 28.4 Å². The van der Waals surface area contributed by atoms with Crippen LogP contribution >= 0.6 is 0 Å². The Morgan fingerprint density at radius 1 is 0.635 bits per heavy atom. The lowest BCUT2D eigenvalue weighted by molar-refractivity contribution is -0.363. The summed E-state index contributed by atoms with van der Waals surface area (Å²) in [6, 6.07) is 0. The minimum Gasteiger partial charge on any atom is -0.393 e. The number of rotatable bonds is 4. The molecule has 0 amide bonds. The van der Waals surface area contributed by atoms with E-state index in [9.17, 15) is 35.7 Å². The highest BCUT2D eigenvalue weighted by atomic mass is 16.7. The van der Waals surface area contributed by atoms with Crippen molar-refractivity contribution in [1.29, 1.82) is 0 Å². The van der Waals surface area contributed by atoms with Gasteiger partial charge in [-0.1, -0.05) is 27.7 Å². The van der Waals surface area contributed by atoms with E-state index in [-0.39, 0.29) is 46.7 Å². The Labute approximate surface area is 307 Å². The molecular weight excluding hydrogens is 676 g/mol. The molecule has 52 heavy (non-hydrogen) atoms. The molecule has 13 heteroatoms. The van der Waals surface area contributed by atoms with Gasteiger partial charge in [0, 0.05) is 5.92 Å². The Hall–Kier alpha value is -0.520. The van der Waals surface area contributed by atoms with E-state index in [2.05, 4.69) is 27.7 Å². The smallest absolute Gasteiger partial charge is 0.197 e. The average Bonchev–Trinajstić information content (AvgIpc) is 3.55. The molecule has 4 saturated carbocycles. The van der Waals surface area contributed by atoms with Gasteiger partial charge in [-0.3, -0.25) is 0 Å². The molecule has 8 aliphatic rings. The predicted molar refractivity (Wildman–Crippen MR) is 183 cm³/mol. The summed E-state index contributed by atoms with van der Waals surface area (Å²) in [4.78, 5) is 0. The fraction of sp³-hybridized carbons (Fsp3) is 1.00. The highest BCUT2D eigenvalue weighted by Crippen LogP contribution is 2.71. The van der Waals surface area contributed by atoms with Crippen molar-refractivity contribution >= 4 is 0 Å². The van der Waals surface area contributed by atoms with Crippen molar-refractivity contribution in [1.82, 2.24) is 0 Å². The Balaban J connectivity index is 1.04. The third kappa shape index (κ3) is 5.73. The molecule has 0 aromatic carbocycles. The highest BCUT2D eigenvalue weighted by molar-refractivity contribution is 5.17. The highest BCUT2D eigenvalue weighted by Gasteiger charge is 2.71. The second-order valence-corrected chi connectivity index (χ2v) is 18.9. The Morgan fingerprint density at radius 3 is 2.02 bits per heavy atom. The monoisotopic (exact) mass is 740 g/mol. The number of ether oxygens (including phenoxy) is 6. The van der Waals surface area contributed by atoms with Crippen LogP contribution in [0, 0.1) is 52.3 Å². The lowest BCUT2D eigenvalue weighted by Crippen LogP contribution is -2.64. The number of hydrogen-bond donors (Lipinski definition) is 7. The first-order valence-corrected chi connectivity index (χ1v) is 20.2. The van der Waals surface area contributed by atoms with E-state index in [1.165, 1.54) is 0 Å². The van der Waals surface area contributed by atoms with Crippen molar-refractivity contribution in [3.63, 3.8) is 0 Å². The Bertz CT molecular complexity index is 1310. The number of aliphatic hydroxyl groups is 7. The van der Waals surface area contributed by atoms with E-state index in [1.54, 1.807) is 13.8 Å². The van der Waals surface area contributed by atoms with Crippen molar-refractivity contribution in [2.45, 2.75) is 185 Å². The minimum absolute atomic E-state index is 0.00617. The fourth-order valence-corrected chi connectivity index (χ4v) is 13.3. The molecule has 4 aliphatic heterocycles. The van der Waals surface area contributed by atoms with E-state index < -0.39 is 79.4 Å². The molecule has 0 radical (unpaired) electrons. The van der Waals surface area contributed by atoms with Crippen LogP contribution in [0.15, 0.2) is 0 Å². The van der Waals surface area contributed by atoms with Crippen LogP contribution in [0.2, 0.25) is 0 Å². The summed E-state index contributed by atoms with van der Waals surface area (Å²) >= 11 is 0. The number of hydrogen-bond acceptors (Lipinski definition) is 13. The van der Waals surface area contributed by atoms with Crippen molar-refractivity contribution in [2.75, 3.05) is 6.61 Å². The van der Waals surface area contributed by atoms with E-state index in [1.807, 2.05) is 0 Å². The van der Waals surface area contributed by atoms with Gasteiger partial charge in [0.25, 0.3) is 0 Å². The predicted octanol–water partition coefficient (Wildman–Crippen LogP) is 1.44. The molecule has 0 unspecified atom stereocenters. The molecule has 7 N–H and O–H groups in total. The Kier molecular flexibility index (Phi) is 10.0. The summed E-state index contributed by atoms with van der Waals surface area (Å²) in [5.74, 6) is 0.760. The third-order valence-electron chi connectivity index (χ3n) is 16.1. The van der Waals surface area contributed by atoms with Gasteiger partial charge >= 0.3 is 0 Å². The van der Waals surface area contributed by atoms with E-state index in [4.69, 9.17) is 28.4 Å². The fourth-order valence-electron chi connectivity index (χ4n) is 13.3. The van der Waals surface area contributed by atoms with Gasteiger partial charge in [0.15, 0.2) is 18.4 Å². The second-order valence-electron chi connectivity index (χ2n) is 18.9. The molecular formula is C39H64O13. The number of fused-ring (bicyclic) bond motifs is 7. The molecule has 4 heterocycles. The van der Waals surface area contributed by atoms with Crippen LogP contribution in [0.3, 0.4) is 0 Å². The number of aliphatic hydroxyl groups excluding tert-OH is 7. The molecule has 1 spiro atoms. The second kappa shape index (κ2) is 13.6. The van der Waals surface area contributed by atoms with E-state index in [0.29, 0.717) is 37.2 Å². The van der Waals surface area contributed by atoms with E-state index >= 15 is 0 Å².